The third kappa shape index (κ3) is 1.77. The summed E-state index contributed by atoms with van der Waals surface area (Å²) < 4.78 is 24.0. The van der Waals surface area contributed by atoms with Crippen LogP contribution < -0.4 is 5.73 Å². The van der Waals surface area contributed by atoms with Crippen molar-refractivity contribution in [3.63, 3.8) is 0 Å². The Balaban J connectivity index is 3.09. The molecular formula is C6H5ClF2N2. The van der Waals surface area contributed by atoms with E-state index < -0.39 is 6.43 Å². The van der Waals surface area contributed by atoms with Gasteiger partial charge in [0.05, 0.1) is 10.6 Å². The Morgan fingerprint density at radius 3 is 2.64 bits per heavy atom. The minimum absolute atomic E-state index is 0.0486. The zero-order valence-electron chi connectivity index (χ0n) is 5.39. The highest BCUT2D eigenvalue weighted by Crippen LogP contribution is 2.26. The molecule has 0 unspecified atom stereocenters. The number of nitrogens with two attached hydrogens (primary N) is 1. The number of pyridine rings is 1. The van der Waals surface area contributed by atoms with Gasteiger partial charge in [-0.1, -0.05) is 11.6 Å². The standard InChI is InChI=1S/C6H5ClF2N2/c7-4-1-5(10)11-2-3(4)6(8)9/h1-2,6H,(H2,10,11). The summed E-state index contributed by atoms with van der Waals surface area (Å²) in [6.07, 6.45) is -1.63. The molecule has 1 aromatic rings. The molecular weight excluding hydrogens is 174 g/mol. The number of aromatic nitrogens is 1. The van der Waals surface area contributed by atoms with E-state index in [0.29, 0.717) is 0 Å². The molecule has 0 aliphatic carbocycles. The lowest BCUT2D eigenvalue weighted by molar-refractivity contribution is 0.151. The van der Waals surface area contributed by atoms with E-state index in [9.17, 15) is 8.78 Å². The molecule has 0 saturated heterocycles. The molecule has 0 saturated carbocycles. The molecule has 0 aliphatic rings. The number of nitrogens with zero attached hydrogens (tertiary/aromatic N) is 1. The molecule has 0 fully saturated rings. The number of nitrogen functional groups attached to an aromatic ring is 1. The summed E-state index contributed by atoms with van der Waals surface area (Å²) in [7, 11) is 0. The molecule has 1 aromatic heterocycles. The van der Waals surface area contributed by atoms with Crippen LogP contribution >= 0.6 is 11.6 Å². The zero-order chi connectivity index (χ0) is 8.43. The summed E-state index contributed by atoms with van der Waals surface area (Å²) >= 11 is 5.42. The van der Waals surface area contributed by atoms with E-state index in [1.54, 1.807) is 0 Å². The Hall–Kier alpha value is -0.900. The normalized spacial score (nSPS) is 10.5. The van der Waals surface area contributed by atoms with Gasteiger partial charge in [0, 0.05) is 6.20 Å². The quantitative estimate of drug-likeness (QED) is 0.717. The minimum Gasteiger partial charge on any atom is -0.384 e. The van der Waals surface area contributed by atoms with Gasteiger partial charge >= 0.3 is 0 Å². The molecule has 2 nitrogen and oxygen atoms in total. The van der Waals surface area contributed by atoms with Gasteiger partial charge in [-0.15, -0.1) is 0 Å². The number of rotatable bonds is 1. The van der Waals surface area contributed by atoms with Crippen molar-refractivity contribution in [2.24, 2.45) is 0 Å². The van der Waals surface area contributed by atoms with Crippen molar-refractivity contribution in [2.75, 3.05) is 5.73 Å². The van der Waals surface area contributed by atoms with E-state index >= 15 is 0 Å². The molecule has 0 aliphatic heterocycles. The maximum absolute atomic E-state index is 12.0. The maximum atomic E-state index is 12.0. The first kappa shape index (κ1) is 8.20. The van der Waals surface area contributed by atoms with Crippen molar-refractivity contribution in [1.82, 2.24) is 4.98 Å². The van der Waals surface area contributed by atoms with E-state index in [4.69, 9.17) is 17.3 Å². The largest absolute Gasteiger partial charge is 0.384 e. The van der Waals surface area contributed by atoms with Crippen LogP contribution in [-0.2, 0) is 0 Å². The SMILES string of the molecule is Nc1cc(Cl)c(C(F)F)cn1. The predicted molar refractivity (Wildman–Crippen MR) is 38.6 cm³/mol. The van der Waals surface area contributed by atoms with E-state index in [1.807, 2.05) is 0 Å². The lowest BCUT2D eigenvalue weighted by Crippen LogP contribution is -1.93. The smallest absolute Gasteiger partial charge is 0.266 e. The van der Waals surface area contributed by atoms with E-state index in [0.717, 1.165) is 6.20 Å². The zero-order valence-corrected chi connectivity index (χ0v) is 6.15. The van der Waals surface area contributed by atoms with Crippen LogP contribution in [0.4, 0.5) is 14.6 Å². The van der Waals surface area contributed by atoms with Gasteiger partial charge in [-0.2, -0.15) is 0 Å². The number of anilines is 1. The first-order valence-electron chi connectivity index (χ1n) is 2.80. The van der Waals surface area contributed by atoms with Crippen molar-refractivity contribution in [2.45, 2.75) is 6.43 Å². The summed E-state index contributed by atoms with van der Waals surface area (Å²) in [4.78, 5) is 3.47. The first-order chi connectivity index (χ1) is 5.11. The van der Waals surface area contributed by atoms with Crippen molar-refractivity contribution < 1.29 is 8.78 Å². The Kier molecular flexibility index (Phi) is 2.24. The second-order valence-electron chi connectivity index (χ2n) is 1.93. The Bertz CT molecular complexity index is 265. The molecule has 5 heteroatoms. The molecule has 0 atom stereocenters. The average molecular weight is 179 g/mol. The minimum atomic E-state index is -2.60. The molecule has 1 rings (SSSR count). The number of halogens is 3. The van der Waals surface area contributed by atoms with Crippen LogP contribution in [0, 0.1) is 0 Å². The third-order valence-corrected chi connectivity index (χ3v) is 1.47. The maximum Gasteiger partial charge on any atom is 0.266 e. The Morgan fingerprint density at radius 1 is 1.55 bits per heavy atom. The molecule has 0 bridgehead atoms. The summed E-state index contributed by atoms with van der Waals surface area (Å²) in [5.41, 5.74) is 4.90. The molecule has 1 heterocycles. The van der Waals surface area contributed by atoms with E-state index in [-0.39, 0.29) is 16.4 Å². The van der Waals surface area contributed by atoms with Crippen LogP contribution in [0.3, 0.4) is 0 Å². The highest BCUT2D eigenvalue weighted by Gasteiger charge is 2.11. The first-order valence-corrected chi connectivity index (χ1v) is 3.18. The molecule has 0 spiro atoms. The Morgan fingerprint density at radius 2 is 2.18 bits per heavy atom. The lowest BCUT2D eigenvalue weighted by atomic mass is 10.3. The summed E-state index contributed by atoms with van der Waals surface area (Å²) in [6.45, 7) is 0. The number of hydrogen-bond acceptors (Lipinski definition) is 2. The number of hydrogen-bond donors (Lipinski definition) is 1. The summed E-state index contributed by atoms with van der Waals surface area (Å²) in [5.74, 6) is 0.138. The second-order valence-corrected chi connectivity index (χ2v) is 2.34. The van der Waals surface area contributed by atoms with Crippen LogP contribution in [0.15, 0.2) is 12.3 Å². The van der Waals surface area contributed by atoms with E-state index in [2.05, 4.69) is 4.98 Å². The van der Waals surface area contributed by atoms with Gasteiger partial charge in [-0.05, 0) is 6.07 Å². The van der Waals surface area contributed by atoms with E-state index in [1.165, 1.54) is 6.07 Å². The van der Waals surface area contributed by atoms with Crippen LogP contribution in [0.25, 0.3) is 0 Å². The number of alkyl halides is 2. The average Bonchev–Trinajstić information content (AvgIpc) is 1.85. The van der Waals surface area contributed by atoms with Crippen molar-refractivity contribution in [3.05, 3.63) is 22.8 Å². The predicted octanol–water partition coefficient (Wildman–Crippen LogP) is 2.25. The van der Waals surface area contributed by atoms with Crippen LogP contribution in [0.5, 0.6) is 0 Å². The molecule has 60 valence electrons. The Labute approximate surface area is 67.0 Å². The van der Waals surface area contributed by atoms with Crippen LogP contribution in [-0.4, -0.2) is 4.98 Å². The van der Waals surface area contributed by atoms with Gasteiger partial charge in [0.2, 0.25) is 0 Å². The van der Waals surface area contributed by atoms with Crippen LogP contribution in [0.1, 0.15) is 12.0 Å². The fourth-order valence-electron chi connectivity index (χ4n) is 0.617. The highest BCUT2D eigenvalue weighted by atomic mass is 35.5. The summed E-state index contributed by atoms with van der Waals surface area (Å²) in [5, 5.41) is -0.0486. The van der Waals surface area contributed by atoms with Gasteiger partial charge in [-0.3, -0.25) is 0 Å². The topological polar surface area (TPSA) is 38.9 Å². The molecule has 11 heavy (non-hydrogen) atoms. The van der Waals surface area contributed by atoms with Gasteiger partial charge in [0.1, 0.15) is 5.82 Å². The fraction of sp³-hybridized carbons (Fsp3) is 0.167. The molecule has 2 N–H and O–H groups in total. The van der Waals surface area contributed by atoms with Crippen LogP contribution in [0.2, 0.25) is 5.02 Å². The molecule has 0 radical (unpaired) electrons. The molecule has 0 aromatic carbocycles. The van der Waals surface area contributed by atoms with Crippen molar-refractivity contribution in [3.8, 4) is 0 Å². The monoisotopic (exact) mass is 178 g/mol. The molecule has 0 amide bonds. The third-order valence-electron chi connectivity index (χ3n) is 1.14. The van der Waals surface area contributed by atoms with Crippen molar-refractivity contribution in [1.29, 1.82) is 0 Å². The highest BCUT2D eigenvalue weighted by molar-refractivity contribution is 6.31. The van der Waals surface area contributed by atoms with Gasteiger partial charge < -0.3 is 5.73 Å². The lowest BCUT2D eigenvalue weighted by Gasteiger charge is -2.01. The van der Waals surface area contributed by atoms with Gasteiger partial charge in [0.25, 0.3) is 6.43 Å². The fourth-order valence-corrected chi connectivity index (χ4v) is 0.860. The van der Waals surface area contributed by atoms with Crippen molar-refractivity contribution >= 4 is 17.4 Å². The second kappa shape index (κ2) is 3.00. The summed E-state index contributed by atoms with van der Waals surface area (Å²) in [6, 6.07) is 1.20. The van der Waals surface area contributed by atoms with Gasteiger partial charge in [-0.25, -0.2) is 13.8 Å². The van der Waals surface area contributed by atoms with Gasteiger partial charge in [0.15, 0.2) is 0 Å².